The molecule has 1 fully saturated rings. The fourth-order valence-electron chi connectivity index (χ4n) is 3.06. The Morgan fingerprint density at radius 3 is 2.68 bits per heavy atom. The van der Waals surface area contributed by atoms with Crippen LogP contribution in [0.4, 0.5) is 0 Å². The van der Waals surface area contributed by atoms with Crippen LogP contribution in [0.15, 0.2) is 23.4 Å². The summed E-state index contributed by atoms with van der Waals surface area (Å²) in [6.07, 6.45) is 5.89. The van der Waals surface area contributed by atoms with Gasteiger partial charge in [0.15, 0.2) is 17.3 Å². The SMILES string of the molecule is COc1ccc(C(=O)CSc2nnnn2C2CCCCC2)cc1OC. The summed E-state index contributed by atoms with van der Waals surface area (Å²) in [5, 5.41) is 12.7. The second-order valence-electron chi connectivity index (χ2n) is 5.98. The molecule has 0 radical (unpaired) electrons. The number of aromatic nitrogens is 4. The van der Waals surface area contributed by atoms with Crippen molar-refractivity contribution in [2.45, 2.75) is 43.3 Å². The Morgan fingerprint density at radius 1 is 1.20 bits per heavy atom. The predicted octanol–water partition coefficient (Wildman–Crippen LogP) is 3.17. The van der Waals surface area contributed by atoms with Gasteiger partial charge in [0, 0.05) is 5.56 Å². The van der Waals surface area contributed by atoms with E-state index in [9.17, 15) is 4.79 Å². The van der Waals surface area contributed by atoms with Crippen molar-refractivity contribution in [3.8, 4) is 11.5 Å². The van der Waals surface area contributed by atoms with Crippen molar-refractivity contribution < 1.29 is 14.3 Å². The monoisotopic (exact) mass is 362 g/mol. The van der Waals surface area contributed by atoms with Gasteiger partial charge in [-0.3, -0.25) is 4.79 Å². The van der Waals surface area contributed by atoms with Gasteiger partial charge < -0.3 is 9.47 Å². The second-order valence-corrected chi connectivity index (χ2v) is 6.92. The Kier molecular flexibility index (Phi) is 5.91. The third-order valence-electron chi connectivity index (χ3n) is 4.42. The number of nitrogens with zero attached hydrogens (tertiary/aromatic N) is 4. The lowest BCUT2D eigenvalue weighted by atomic mass is 9.96. The van der Waals surface area contributed by atoms with Crippen molar-refractivity contribution in [3.63, 3.8) is 0 Å². The highest BCUT2D eigenvalue weighted by Crippen LogP contribution is 2.31. The molecule has 0 saturated heterocycles. The van der Waals surface area contributed by atoms with Crippen LogP contribution in [-0.2, 0) is 0 Å². The van der Waals surface area contributed by atoms with Gasteiger partial charge in [0.05, 0.1) is 26.0 Å². The fourth-order valence-corrected chi connectivity index (χ4v) is 3.90. The van der Waals surface area contributed by atoms with Gasteiger partial charge in [0.2, 0.25) is 5.16 Å². The number of benzene rings is 1. The smallest absolute Gasteiger partial charge is 0.210 e. The van der Waals surface area contributed by atoms with E-state index >= 15 is 0 Å². The zero-order valence-corrected chi connectivity index (χ0v) is 15.3. The molecule has 1 aromatic carbocycles. The molecular formula is C17H22N4O3S. The van der Waals surface area contributed by atoms with E-state index < -0.39 is 0 Å². The van der Waals surface area contributed by atoms with Crippen LogP contribution in [0.1, 0.15) is 48.5 Å². The van der Waals surface area contributed by atoms with Crippen molar-refractivity contribution in [2.75, 3.05) is 20.0 Å². The molecular weight excluding hydrogens is 340 g/mol. The van der Waals surface area contributed by atoms with Gasteiger partial charge in [-0.15, -0.1) is 5.10 Å². The molecule has 8 heteroatoms. The van der Waals surface area contributed by atoms with E-state index in [1.165, 1.54) is 31.0 Å². The summed E-state index contributed by atoms with van der Waals surface area (Å²) in [4.78, 5) is 12.5. The third-order valence-corrected chi connectivity index (χ3v) is 5.35. The molecule has 2 aromatic rings. The molecule has 1 aromatic heterocycles. The highest BCUT2D eigenvalue weighted by Gasteiger charge is 2.21. The molecule has 0 atom stereocenters. The van der Waals surface area contributed by atoms with E-state index in [4.69, 9.17) is 9.47 Å². The molecule has 1 heterocycles. The van der Waals surface area contributed by atoms with E-state index in [0.29, 0.717) is 28.3 Å². The molecule has 25 heavy (non-hydrogen) atoms. The molecule has 0 spiro atoms. The Bertz CT molecular complexity index is 728. The summed E-state index contributed by atoms with van der Waals surface area (Å²) >= 11 is 1.38. The second kappa shape index (κ2) is 8.33. The summed E-state index contributed by atoms with van der Waals surface area (Å²) in [6, 6.07) is 5.53. The van der Waals surface area contributed by atoms with Crippen molar-refractivity contribution in [2.24, 2.45) is 0 Å². The average molecular weight is 362 g/mol. The molecule has 1 aliphatic rings. The number of carbonyl (C=O) groups is 1. The van der Waals surface area contributed by atoms with Gasteiger partial charge in [-0.05, 0) is 41.5 Å². The van der Waals surface area contributed by atoms with Crippen LogP contribution in [0.2, 0.25) is 0 Å². The maximum Gasteiger partial charge on any atom is 0.210 e. The Balaban J connectivity index is 1.66. The van der Waals surface area contributed by atoms with Crippen LogP contribution in [0.5, 0.6) is 11.5 Å². The summed E-state index contributed by atoms with van der Waals surface area (Å²) in [5.41, 5.74) is 0.585. The predicted molar refractivity (Wildman–Crippen MR) is 94.5 cm³/mol. The zero-order valence-electron chi connectivity index (χ0n) is 14.5. The molecule has 7 nitrogen and oxygen atoms in total. The van der Waals surface area contributed by atoms with Crippen LogP contribution in [-0.4, -0.2) is 46.0 Å². The first-order valence-electron chi connectivity index (χ1n) is 8.39. The Hall–Kier alpha value is -2.09. The van der Waals surface area contributed by atoms with Crippen molar-refractivity contribution >= 4 is 17.5 Å². The van der Waals surface area contributed by atoms with Gasteiger partial charge in [-0.1, -0.05) is 31.0 Å². The lowest BCUT2D eigenvalue weighted by Gasteiger charge is -2.21. The summed E-state index contributed by atoms with van der Waals surface area (Å²) in [6.45, 7) is 0. The maximum atomic E-state index is 12.5. The molecule has 0 bridgehead atoms. The van der Waals surface area contributed by atoms with E-state index in [2.05, 4.69) is 15.5 Å². The first-order chi connectivity index (χ1) is 12.2. The largest absolute Gasteiger partial charge is 0.493 e. The lowest BCUT2D eigenvalue weighted by molar-refractivity contribution is 0.102. The number of Topliss-reactive ketones (excluding diaryl/α,β-unsaturated/α-hetero) is 1. The minimum atomic E-state index is 0.00384. The summed E-state index contributed by atoms with van der Waals surface area (Å²) in [5.74, 6) is 1.44. The zero-order chi connectivity index (χ0) is 17.6. The summed E-state index contributed by atoms with van der Waals surface area (Å²) in [7, 11) is 3.12. The van der Waals surface area contributed by atoms with E-state index in [-0.39, 0.29) is 11.5 Å². The molecule has 0 amide bonds. The Morgan fingerprint density at radius 2 is 1.96 bits per heavy atom. The highest BCUT2D eigenvalue weighted by molar-refractivity contribution is 7.99. The molecule has 0 N–H and O–H groups in total. The number of hydrogen-bond donors (Lipinski definition) is 0. The van der Waals surface area contributed by atoms with Gasteiger partial charge in [0.1, 0.15) is 0 Å². The van der Waals surface area contributed by atoms with E-state index in [1.807, 2.05) is 4.68 Å². The van der Waals surface area contributed by atoms with Crippen molar-refractivity contribution in [1.29, 1.82) is 0 Å². The quantitative estimate of drug-likeness (QED) is 0.553. The summed E-state index contributed by atoms with van der Waals surface area (Å²) < 4.78 is 12.3. The van der Waals surface area contributed by atoms with Gasteiger partial charge in [-0.2, -0.15) is 0 Å². The minimum Gasteiger partial charge on any atom is -0.493 e. The van der Waals surface area contributed by atoms with Crippen LogP contribution in [0.3, 0.4) is 0 Å². The van der Waals surface area contributed by atoms with Crippen LogP contribution < -0.4 is 9.47 Å². The number of thioether (sulfide) groups is 1. The number of ketones is 1. The normalized spacial score (nSPS) is 15.1. The molecule has 0 unspecified atom stereocenters. The van der Waals surface area contributed by atoms with Gasteiger partial charge in [0.25, 0.3) is 0 Å². The first-order valence-corrected chi connectivity index (χ1v) is 9.37. The number of ether oxygens (including phenoxy) is 2. The number of carbonyl (C=O) groups excluding carboxylic acids is 1. The number of hydrogen-bond acceptors (Lipinski definition) is 7. The van der Waals surface area contributed by atoms with E-state index in [1.54, 1.807) is 32.4 Å². The topological polar surface area (TPSA) is 79.1 Å². The molecule has 1 aliphatic carbocycles. The van der Waals surface area contributed by atoms with Crippen LogP contribution in [0.25, 0.3) is 0 Å². The third kappa shape index (κ3) is 4.12. The number of rotatable bonds is 7. The van der Waals surface area contributed by atoms with Gasteiger partial charge >= 0.3 is 0 Å². The highest BCUT2D eigenvalue weighted by atomic mass is 32.2. The standard InChI is InChI=1S/C17H22N4O3S/c1-23-15-9-8-12(10-16(15)24-2)14(22)11-25-17-18-19-20-21(17)13-6-4-3-5-7-13/h8-10,13H,3-7,11H2,1-2H3. The Labute approximate surface area is 151 Å². The molecule has 134 valence electrons. The molecule has 3 rings (SSSR count). The number of methoxy groups -OCH3 is 2. The average Bonchev–Trinajstić information content (AvgIpc) is 3.14. The minimum absolute atomic E-state index is 0.00384. The van der Waals surface area contributed by atoms with Gasteiger partial charge in [-0.25, -0.2) is 4.68 Å². The fraction of sp³-hybridized carbons (Fsp3) is 0.529. The van der Waals surface area contributed by atoms with E-state index in [0.717, 1.165) is 12.8 Å². The van der Waals surface area contributed by atoms with Crippen molar-refractivity contribution in [1.82, 2.24) is 20.2 Å². The van der Waals surface area contributed by atoms with Crippen LogP contribution in [0, 0.1) is 0 Å². The molecule has 0 aliphatic heterocycles. The lowest BCUT2D eigenvalue weighted by Crippen LogP contribution is -2.15. The van der Waals surface area contributed by atoms with Crippen LogP contribution >= 0.6 is 11.8 Å². The first kappa shape index (κ1) is 17.7. The van der Waals surface area contributed by atoms with Crippen molar-refractivity contribution in [3.05, 3.63) is 23.8 Å². The maximum absolute atomic E-state index is 12.5. The number of tetrazole rings is 1. The molecule has 1 saturated carbocycles.